The molecule has 0 bridgehead atoms. The second-order valence-corrected chi connectivity index (χ2v) is 5.65. The Morgan fingerprint density at radius 1 is 1.21 bits per heavy atom. The molecule has 19 heavy (non-hydrogen) atoms. The molecule has 0 amide bonds. The summed E-state index contributed by atoms with van der Waals surface area (Å²) in [6.45, 7) is -0.0790. The summed E-state index contributed by atoms with van der Waals surface area (Å²) in [4.78, 5) is 0. The zero-order valence-electron chi connectivity index (χ0n) is 9.91. The fraction of sp³-hybridized carbons (Fsp3) is 0.143. The Kier molecular flexibility index (Phi) is 5.01. The maximum atomic E-state index is 12.9. The first kappa shape index (κ1) is 14.6. The Morgan fingerprint density at radius 2 is 1.89 bits per heavy atom. The Bertz CT molecular complexity index is 562. The minimum atomic E-state index is -0.290. The van der Waals surface area contributed by atoms with Crippen molar-refractivity contribution in [2.45, 2.75) is 6.04 Å². The zero-order chi connectivity index (χ0) is 13.8. The van der Waals surface area contributed by atoms with Crippen LogP contribution in [0.15, 0.2) is 42.5 Å². The summed E-state index contributed by atoms with van der Waals surface area (Å²) < 4.78 is 13.9. The Morgan fingerprint density at radius 3 is 2.47 bits per heavy atom. The number of hydrogen-bond acceptors (Lipinski definition) is 2. The molecule has 0 fully saturated rings. The van der Waals surface area contributed by atoms with Crippen LogP contribution in [0.4, 0.5) is 10.1 Å². The van der Waals surface area contributed by atoms with E-state index in [0.717, 1.165) is 14.8 Å². The van der Waals surface area contributed by atoms with Gasteiger partial charge in [0.05, 0.1) is 12.6 Å². The van der Waals surface area contributed by atoms with Gasteiger partial charge in [-0.2, -0.15) is 0 Å². The largest absolute Gasteiger partial charge is 0.394 e. The highest BCUT2D eigenvalue weighted by molar-refractivity contribution is 14.1. The number of anilines is 1. The fourth-order valence-electron chi connectivity index (χ4n) is 1.72. The van der Waals surface area contributed by atoms with Gasteiger partial charge in [-0.3, -0.25) is 0 Å². The van der Waals surface area contributed by atoms with E-state index < -0.39 is 0 Å². The van der Waals surface area contributed by atoms with E-state index in [0.29, 0.717) is 5.02 Å². The first-order chi connectivity index (χ1) is 9.10. The van der Waals surface area contributed by atoms with Crippen LogP contribution < -0.4 is 5.32 Å². The molecule has 0 spiro atoms. The SMILES string of the molecule is OCC(Nc1ccc(Cl)cc1I)c1ccc(F)cc1. The second-order valence-electron chi connectivity index (χ2n) is 4.06. The third-order valence-electron chi connectivity index (χ3n) is 2.72. The van der Waals surface area contributed by atoms with Gasteiger partial charge >= 0.3 is 0 Å². The van der Waals surface area contributed by atoms with Crippen LogP contribution in [0.25, 0.3) is 0 Å². The van der Waals surface area contributed by atoms with Crippen molar-refractivity contribution in [1.82, 2.24) is 0 Å². The number of nitrogens with one attached hydrogen (secondary N) is 1. The second kappa shape index (κ2) is 6.54. The number of benzene rings is 2. The van der Waals surface area contributed by atoms with E-state index in [2.05, 4.69) is 27.9 Å². The molecule has 0 saturated carbocycles. The molecule has 2 nitrogen and oxygen atoms in total. The summed E-state index contributed by atoms with van der Waals surface area (Å²) in [7, 11) is 0. The Balaban J connectivity index is 2.21. The van der Waals surface area contributed by atoms with Gasteiger partial charge in [-0.25, -0.2) is 4.39 Å². The summed E-state index contributed by atoms with van der Waals surface area (Å²) in [5.41, 5.74) is 1.71. The molecule has 1 unspecified atom stereocenters. The Hall–Kier alpha value is -0.850. The first-order valence-electron chi connectivity index (χ1n) is 5.68. The maximum Gasteiger partial charge on any atom is 0.123 e. The first-order valence-corrected chi connectivity index (χ1v) is 7.13. The lowest BCUT2D eigenvalue weighted by Crippen LogP contribution is -2.15. The van der Waals surface area contributed by atoms with Crippen LogP contribution in [0, 0.1) is 9.39 Å². The molecule has 1 atom stereocenters. The van der Waals surface area contributed by atoms with Gasteiger partial charge in [0.1, 0.15) is 5.82 Å². The van der Waals surface area contributed by atoms with E-state index in [1.807, 2.05) is 12.1 Å². The minimum Gasteiger partial charge on any atom is -0.394 e. The highest BCUT2D eigenvalue weighted by atomic mass is 127. The zero-order valence-corrected chi connectivity index (χ0v) is 12.8. The van der Waals surface area contributed by atoms with Crippen LogP contribution in [0.5, 0.6) is 0 Å². The standard InChI is InChI=1S/C14H12ClFINO/c15-10-3-6-13(12(17)7-10)18-14(8-19)9-1-4-11(16)5-2-9/h1-7,14,18-19H,8H2. The number of rotatable bonds is 4. The van der Waals surface area contributed by atoms with Crippen molar-refractivity contribution in [3.05, 3.63) is 62.4 Å². The molecule has 0 saturated heterocycles. The van der Waals surface area contributed by atoms with Crippen molar-refractivity contribution in [3.8, 4) is 0 Å². The van der Waals surface area contributed by atoms with Crippen molar-refractivity contribution >= 4 is 39.9 Å². The van der Waals surface area contributed by atoms with Gasteiger partial charge in [-0.1, -0.05) is 23.7 Å². The summed E-state index contributed by atoms with van der Waals surface area (Å²) in [5, 5.41) is 13.4. The van der Waals surface area contributed by atoms with Crippen LogP contribution in [0.2, 0.25) is 5.02 Å². The molecular weight excluding hydrogens is 380 g/mol. The fourth-order valence-corrected chi connectivity index (χ4v) is 2.75. The van der Waals surface area contributed by atoms with Crippen molar-refractivity contribution in [2.75, 3.05) is 11.9 Å². The molecule has 0 aliphatic heterocycles. The summed E-state index contributed by atoms with van der Waals surface area (Å²) >= 11 is 8.07. The molecule has 2 N–H and O–H groups in total. The van der Waals surface area contributed by atoms with Gasteiger partial charge in [-0.15, -0.1) is 0 Å². The van der Waals surface area contributed by atoms with Gasteiger partial charge in [0.2, 0.25) is 0 Å². The molecule has 2 aromatic carbocycles. The van der Waals surface area contributed by atoms with E-state index >= 15 is 0 Å². The van der Waals surface area contributed by atoms with Crippen molar-refractivity contribution in [2.24, 2.45) is 0 Å². The monoisotopic (exact) mass is 391 g/mol. The van der Waals surface area contributed by atoms with Gasteiger partial charge in [-0.05, 0) is 58.5 Å². The third-order valence-corrected chi connectivity index (χ3v) is 3.84. The van der Waals surface area contributed by atoms with E-state index in [9.17, 15) is 9.50 Å². The van der Waals surface area contributed by atoms with Crippen LogP contribution >= 0.6 is 34.2 Å². The predicted octanol–water partition coefficient (Wildman–Crippen LogP) is 4.23. The molecule has 2 aromatic rings. The van der Waals surface area contributed by atoms with Crippen LogP contribution in [-0.4, -0.2) is 11.7 Å². The van der Waals surface area contributed by atoms with Gasteiger partial charge in [0, 0.05) is 14.3 Å². The van der Waals surface area contributed by atoms with Crippen LogP contribution in [0.1, 0.15) is 11.6 Å². The average molecular weight is 392 g/mol. The van der Waals surface area contributed by atoms with Crippen LogP contribution in [0.3, 0.4) is 0 Å². The summed E-state index contributed by atoms with van der Waals surface area (Å²) in [5.74, 6) is -0.290. The Labute approximate surface area is 129 Å². The molecular formula is C14H12ClFINO. The molecule has 5 heteroatoms. The van der Waals surface area contributed by atoms with Crippen molar-refractivity contribution < 1.29 is 9.50 Å². The molecule has 0 aliphatic carbocycles. The smallest absolute Gasteiger partial charge is 0.123 e. The van der Waals surface area contributed by atoms with E-state index in [-0.39, 0.29) is 18.5 Å². The lowest BCUT2D eigenvalue weighted by atomic mass is 10.1. The van der Waals surface area contributed by atoms with Crippen molar-refractivity contribution in [3.63, 3.8) is 0 Å². The number of hydrogen-bond donors (Lipinski definition) is 2. The minimum absolute atomic E-state index is 0.0790. The number of halogens is 3. The van der Waals surface area contributed by atoms with E-state index in [1.54, 1.807) is 18.2 Å². The number of aliphatic hydroxyl groups excluding tert-OH is 1. The predicted molar refractivity (Wildman–Crippen MR) is 84.0 cm³/mol. The third kappa shape index (κ3) is 3.81. The lowest BCUT2D eigenvalue weighted by molar-refractivity contribution is 0.276. The van der Waals surface area contributed by atoms with E-state index in [4.69, 9.17) is 11.6 Å². The van der Waals surface area contributed by atoms with Gasteiger partial charge < -0.3 is 10.4 Å². The van der Waals surface area contributed by atoms with Gasteiger partial charge in [0.25, 0.3) is 0 Å². The molecule has 0 heterocycles. The molecule has 0 aliphatic rings. The maximum absolute atomic E-state index is 12.9. The quantitative estimate of drug-likeness (QED) is 0.765. The summed E-state index contributed by atoms with van der Waals surface area (Å²) in [6.07, 6.45) is 0. The highest BCUT2D eigenvalue weighted by Crippen LogP contribution is 2.26. The topological polar surface area (TPSA) is 32.3 Å². The van der Waals surface area contributed by atoms with Gasteiger partial charge in [0.15, 0.2) is 0 Å². The highest BCUT2D eigenvalue weighted by Gasteiger charge is 2.12. The van der Waals surface area contributed by atoms with Crippen LogP contribution in [-0.2, 0) is 0 Å². The molecule has 2 rings (SSSR count). The summed E-state index contributed by atoms with van der Waals surface area (Å²) in [6, 6.07) is 11.3. The average Bonchev–Trinajstić information content (AvgIpc) is 2.39. The molecule has 100 valence electrons. The lowest BCUT2D eigenvalue weighted by Gasteiger charge is -2.19. The number of aliphatic hydroxyl groups is 1. The normalized spacial score (nSPS) is 12.2. The van der Waals surface area contributed by atoms with Crippen molar-refractivity contribution in [1.29, 1.82) is 0 Å². The molecule has 0 aromatic heterocycles. The van der Waals surface area contributed by atoms with E-state index in [1.165, 1.54) is 12.1 Å². The molecule has 0 radical (unpaired) electrons.